The van der Waals surface area contributed by atoms with Crippen LogP contribution in [0.1, 0.15) is 69.2 Å². The summed E-state index contributed by atoms with van der Waals surface area (Å²) >= 11 is 0.470. The number of benzene rings is 4. The highest BCUT2D eigenvalue weighted by molar-refractivity contribution is 7.94. The van der Waals surface area contributed by atoms with Gasteiger partial charge in [-0.05, 0) is 81.6 Å². The molecular weight excluding hydrogens is 982 g/mol. The summed E-state index contributed by atoms with van der Waals surface area (Å²) in [5.41, 5.74) is 0.967. The minimum Gasteiger partial charge on any atom is -0.871 e. The van der Waals surface area contributed by atoms with Crippen molar-refractivity contribution in [1.29, 1.82) is 0 Å². The molecule has 0 aromatic heterocycles. The molecule has 2 N–H and O–H groups in total. The van der Waals surface area contributed by atoms with Crippen LogP contribution in [0.15, 0.2) is 96.3 Å². The molecule has 386 valence electrons. The normalized spacial score (nSPS) is 14.9. The fraction of sp³-hybridized carbons (Fsp3) is 0.327. The fourth-order valence-electron chi connectivity index (χ4n) is 8.09. The van der Waals surface area contributed by atoms with Gasteiger partial charge in [-0.25, -0.2) is 9.18 Å². The van der Waals surface area contributed by atoms with Gasteiger partial charge in [0.2, 0.25) is 17.5 Å². The van der Waals surface area contributed by atoms with E-state index in [9.17, 15) is 54.2 Å². The topological polar surface area (TPSA) is 292 Å². The van der Waals surface area contributed by atoms with Crippen LogP contribution < -0.4 is 39.9 Å². The summed E-state index contributed by atoms with van der Waals surface area (Å²) in [4.78, 5) is 73.9. The number of halogens is 1. The van der Waals surface area contributed by atoms with E-state index < -0.39 is 68.4 Å². The molecular formula is C49H49FN5O17S-. The first-order valence-electron chi connectivity index (χ1n) is 22.4. The van der Waals surface area contributed by atoms with Crippen molar-refractivity contribution in [2.45, 2.75) is 64.0 Å². The molecule has 2 unspecified atom stereocenters. The lowest BCUT2D eigenvalue weighted by Gasteiger charge is -2.31. The lowest BCUT2D eigenvalue weighted by Crippen LogP contribution is -2.49. The van der Waals surface area contributed by atoms with Crippen molar-refractivity contribution in [2.75, 3.05) is 39.7 Å². The van der Waals surface area contributed by atoms with Crippen LogP contribution in [-0.2, 0) is 33.9 Å². The molecule has 1 heterocycles. The number of nitrogens with zero attached hydrogens (tertiary/aromatic N) is 3. The van der Waals surface area contributed by atoms with Crippen LogP contribution in [0.4, 0.5) is 26.2 Å². The molecule has 1 aliphatic carbocycles. The lowest BCUT2D eigenvalue weighted by molar-refractivity contribution is -0.777. The summed E-state index contributed by atoms with van der Waals surface area (Å²) in [6, 6.07) is 16.6. The number of nitro benzene ring substituents is 2. The number of allylic oxidation sites excluding steroid dienone is 3. The Kier molecular flexibility index (Phi) is 18.2. The number of fused-ring (bicyclic) bond motifs is 1. The van der Waals surface area contributed by atoms with E-state index in [-0.39, 0.29) is 65.0 Å². The van der Waals surface area contributed by atoms with E-state index in [2.05, 4.69) is 20.0 Å². The van der Waals surface area contributed by atoms with Gasteiger partial charge in [0.1, 0.15) is 42.6 Å². The van der Waals surface area contributed by atoms with E-state index in [1.54, 1.807) is 36.4 Å². The molecule has 0 spiro atoms. The second-order valence-electron chi connectivity index (χ2n) is 16.8. The van der Waals surface area contributed by atoms with Crippen molar-refractivity contribution in [3.05, 3.63) is 139 Å². The van der Waals surface area contributed by atoms with Crippen molar-refractivity contribution < 1.29 is 81.4 Å². The van der Waals surface area contributed by atoms with Crippen LogP contribution in [0.25, 0.3) is 5.57 Å². The summed E-state index contributed by atoms with van der Waals surface area (Å²) in [7, 11) is 2.77. The number of nitrogens with one attached hydrogen (secondary N) is 2. The molecule has 2 atom stereocenters. The number of unbranched alkanes of at least 4 members (excludes halogenated alkanes) is 2. The third-order valence-electron chi connectivity index (χ3n) is 11.8. The molecule has 4 aromatic rings. The number of methoxy groups -OCH3 is 2. The number of ketones is 1. The maximum Gasteiger partial charge on any atom is 0.514 e. The van der Waals surface area contributed by atoms with Gasteiger partial charge >= 0.3 is 6.16 Å². The average molecular weight is 1030 g/mol. The summed E-state index contributed by atoms with van der Waals surface area (Å²) in [5, 5.41) is 55.4. The number of carbonyl (C=O) groups is 4. The molecule has 1 aliphatic heterocycles. The van der Waals surface area contributed by atoms with E-state index in [0.717, 1.165) is 23.9 Å². The van der Waals surface area contributed by atoms with Crippen LogP contribution in [0, 0.1) is 26.0 Å². The first kappa shape index (κ1) is 54.4. The Labute approximate surface area is 420 Å². The largest absolute Gasteiger partial charge is 0.871 e. The van der Waals surface area contributed by atoms with Crippen molar-refractivity contribution in [3.8, 4) is 23.0 Å². The minimum atomic E-state index is -1.25. The Morgan fingerprint density at radius 2 is 1.62 bits per heavy atom. The van der Waals surface area contributed by atoms with E-state index in [4.69, 9.17) is 23.7 Å². The number of hydrogen-bond donors (Lipinski definition) is 2. The molecule has 4 aromatic carbocycles. The highest BCUT2D eigenvalue weighted by atomic mass is 32.2. The van der Waals surface area contributed by atoms with Gasteiger partial charge < -0.3 is 44.7 Å². The number of nitro groups is 2. The van der Waals surface area contributed by atoms with Crippen LogP contribution in [0.3, 0.4) is 0 Å². The first-order chi connectivity index (χ1) is 34.9. The van der Waals surface area contributed by atoms with Crippen LogP contribution >= 0.6 is 12.0 Å². The van der Waals surface area contributed by atoms with Crippen molar-refractivity contribution >= 4 is 64.1 Å². The first-order valence-corrected chi connectivity index (χ1v) is 23.3. The van der Waals surface area contributed by atoms with Gasteiger partial charge in [0.15, 0.2) is 23.0 Å². The highest BCUT2D eigenvalue weighted by Gasteiger charge is 2.46. The lowest BCUT2D eigenvalue weighted by atomic mass is 9.77. The van der Waals surface area contributed by atoms with Crippen LogP contribution in [-0.4, -0.2) is 89.6 Å². The van der Waals surface area contributed by atoms with Crippen LogP contribution in [0.5, 0.6) is 23.0 Å². The average Bonchev–Trinajstić information content (AvgIpc) is 3.57. The van der Waals surface area contributed by atoms with Crippen molar-refractivity contribution in [1.82, 2.24) is 10.6 Å². The van der Waals surface area contributed by atoms with Gasteiger partial charge in [-0.3, -0.25) is 39.7 Å². The third kappa shape index (κ3) is 13.1. The maximum atomic E-state index is 14.6. The van der Waals surface area contributed by atoms with Gasteiger partial charge in [0, 0.05) is 65.9 Å². The molecule has 24 heteroatoms. The molecule has 0 saturated heterocycles. The SMILES string of the molecule is COc1ccc(C2=C([O-])/C(=C/C3=[N+](CCCCCC(=O)NC(CSOO[O-])C(=O)NCCOc4cc([N+](=O)[O-])c(C(C)OC(=O)Oc5ccc([N+](=O)[O-])cc5)cc4OC)c4ccc(F)cc4C3(C)C)C2=O)cc1. The molecule has 6 rings (SSSR count). The van der Waals surface area contributed by atoms with Gasteiger partial charge in [0.05, 0.1) is 53.4 Å². The molecule has 0 bridgehead atoms. The fourth-order valence-corrected chi connectivity index (χ4v) is 8.56. The zero-order valence-electron chi connectivity index (χ0n) is 40.0. The predicted molar refractivity (Wildman–Crippen MR) is 254 cm³/mol. The van der Waals surface area contributed by atoms with Gasteiger partial charge in [-0.15, -0.1) is 0 Å². The summed E-state index contributed by atoms with van der Waals surface area (Å²) < 4.78 is 47.4. The summed E-state index contributed by atoms with van der Waals surface area (Å²) in [6.45, 7) is 5.09. The number of hydrogen-bond acceptors (Lipinski definition) is 18. The number of Topliss-reactive ketones (excluding diaryl/α,β-unsaturated/α-hetero) is 1. The zero-order valence-corrected chi connectivity index (χ0v) is 40.8. The van der Waals surface area contributed by atoms with Crippen molar-refractivity contribution in [3.63, 3.8) is 0 Å². The van der Waals surface area contributed by atoms with Gasteiger partial charge in [-0.2, -0.15) is 8.91 Å². The Morgan fingerprint density at radius 3 is 2.26 bits per heavy atom. The second kappa shape index (κ2) is 24.5. The Balaban J connectivity index is 1.02. The van der Waals surface area contributed by atoms with E-state index in [0.29, 0.717) is 60.4 Å². The molecule has 0 fully saturated rings. The summed E-state index contributed by atoms with van der Waals surface area (Å²) in [6.07, 6.45) is 0.525. The zero-order chi connectivity index (χ0) is 53.0. The predicted octanol–water partition coefficient (Wildman–Crippen LogP) is 5.70. The van der Waals surface area contributed by atoms with Gasteiger partial charge in [-0.1, -0.05) is 17.9 Å². The number of carbonyl (C=O) groups excluding carboxylic acids is 4. The summed E-state index contributed by atoms with van der Waals surface area (Å²) in [5.74, 6) is -2.28. The quantitative estimate of drug-likeness (QED) is 0.00925. The van der Waals surface area contributed by atoms with Crippen LogP contribution in [0.2, 0.25) is 0 Å². The van der Waals surface area contributed by atoms with Gasteiger partial charge in [0.25, 0.3) is 11.4 Å². The smallest absolute Gasteiger partial charge is 0.514 e. The number of amides is 2. The van der Waals surface area contributed by atoms with E-state index >= 15 is 0 Å². The molecule has 73 heavy (non-hydrogen) atoms. The third-order valence-corrected chi connectivity index (χ3v) is 12.5. The number of non-ortho nitro benzene ring substituents is 1. The molecule has 22 nitrogen and oxygen atoms in total. The highest BCUT2D eigenvalue weighted by Crippen LogP contribution is 2.43. The molecule has 2 aliphatic rings. The minimum absolute atomic E-state index is 0.00278. The number of ether oxygens (including phenoxy) is 5. The standard InChI is InChI=1S/C49H50FN5O17S/c1-28(69-48(60)70-33-17-13-31(14-18-33)54(61)62)34-24-40(67-5)41(26-39(34)55(63)64)68-22-20-51-47(59)37(27-73-72-71-65)52-43(56)9-7-6-8-21-53-38-19-12-30(50)23-36(38)49(2,3)42(53)25-35-45(57)44(46(35)58)29-10-15-32(66-4)16-11-29/h10-19,23-26,28,37H,6-9,20-22,27H2,1-5H3,(H3-,51,52,56,57,59,65)/p-1/b35-25-. The van der Waals surface area contributed by atoms with E-state index in [1.807, 2.05) is 18.4 Å². The molecule has 0 saturated carbocycles. The number of rotatable bonds is 25. The second-order valence-corrected chi connectivity index (χ2v) is 17.5. The van der Waals surface area contributed by atoms with Crippen molar-refractivity contribution in [2.24, 2.45) is 0 Å². The maximum absolute atomic E-state index is 14.6. The Hall–Kier alpha value is -7.93. The Morgan fingerprint density at radius 1 is 0.904 bits per heavy atom. The monoisotopic (exact) mass is 1030 g/mol. The van der Waals surface area contributed by atoms with E-state index in [1.165, 1.54) is 51.5 Å². The molecule has 2 amide bonds. The Bertz CT molecular complexity index is 2850. The molecule has 0 radical (unpaired) electrons.